The van der Waals surface area contributed by atoms with Gasteiger partial charge in [-0.25, -0.2) is 9.97 Å². The predicted octanol–water partition coefficient (Wildman–Crippen LogP) is 3.41. The molecule has 0 spiro atoms. The third-order valence-corrected chi connectivity index (χ3v) is 5.75. The molecular formula is C23H20N4O2. The highest BCUT2D eigenvalue weighted by Crippen LogP contribution is 2.41. The van der Waals surface area contributed by atoms with E-state index >= 15 is 0 Å². The van der Waals surface area contributed by atoms with E-state index in [1.807, 2.05) is 47.5 Å². The maximum atomic E-state index is 11.8. The number of carbonyl (C=O) groups excluding carboxylic acids is 2. The van der Waals surface area contributed by atoms with Gasteiger partial charge >= 0.3 is 0 Å². The molecule has 1 aliphatic carbocycles. The first-order chi connectivity index (χ1) is 14.3. The fourth-order valence-corrected chi connectivity index (χ4v) is 4.09. The molecule has 0 amide bonds. The molecule has 3 heterocycles. The lowest BCUT2D eigenvalue weighted by Gasteiger charge is -2.24. The molecule has 6 heteroatoms. The Labute approximate surface area is 168 Å². The summed E-state index contributed by atoms with van der Waals surface area (Å²) in [5, 5.41) is 0. The minimum absolute atomic E-state index is 0.380. The normalized spacial score (nSPS) is 21.0. The summed E-state index contributed by atoms with van der Waals surface area (Å²) >= 11 is 0. The molecule has 0 radical (unpaired) electrons. The second kappa shape index (κ2) is 7.29. The summed E-state index contributed by atoms with van der Waals surface area (Å²) in [6.07, 6.45) is 7.61. The summed E-state index contributed by atoms with van der Waals surface area (Å²) in [5.74, 6) is 0.613. The number of hydrogen-bond acceptors (Lipinski definition) is 6. The monoisotopic (exact) mass is 384 g/mol. The zero-order valence-electron chi connectivity index (χ0n) is 15.8. The van der Waals surface area contributed by atoms with Gasteiger partial charge in [0.1, 0.15) is 18.9 Å². The molecule has 144 valence electrons. The van der Waals surface area contributed by atoms with Gasteiger partial charge in [-0.05, 0) is 42.2 Å². The molecule has 0 bridgehead atoms. The third-order valence-electron chi connectivity index (χ3n) is 5.75. The van der Waals surface area contributed by atoms with Crippen LogP contribution in [0.5, 0.6) is 0 Å². The van der Waals surface area contributed by atoms with Gasteiger partial charge in [-0.15, -0.1) is 0 Å². The Balaban J connectivity index is 1.42. The molecule has 2 aromatic heterocycles. The number of aldehydes is 2. The van der Waals surface area contributed by atoms with Gasteiger partial charge in [0.2, 0.25) is 0 Å². The number of nitrogens with zero attached hydrogens (tertiary/aromatic N) is 4. The fourth-order valence-electron chi connectivity index (χ4n) is 4.09. The van der Waals surface area contributed by atoms with Crippen LogP contribution in [-0.4, -0.2) is 32.4 Å². The lowest BCUT2D eigenvalue weighted by atomic mass is 10.0. The number of rotatable bonds is 6. The Kier molecular flexibility index (Phi) is 4.48. The van der Waals surface area contributed by atoms with Gasteiger partial charge in [0.25, 0.3) is 0 Å². The van der Waals surface area contributed by atoms with Crippen LogP contribution in [0.4, 0.5) is 0 Å². The lowest BCUT2D eigenvalue weighted by Crippen LogP contribution is -2.28. The highest BCUT2D eigenvalue weighted by Gasteiger charge is 2.38. The summed E-state index contributed by atoms with van der Waals surface area (Å²) in [5.41, 5.74) is 5.38. The zero-order chi connectivity index (χ0) is 19.8. The smallest absolute Gasteiger partial charge is 0.141 e. The Hall–Kier alpha value is -3.25. The zero-order valence-corrected chi connectivity index (χ0v) is 15.8. The summed E-state index contributed by atoms with van der Waals surface area (Å²) in [6.45, 7) is 0.380. The fraction of sp³-hybridized carbons (Fsp3) is 0.261. The van der Waals surface area contributed by atoms with E-state index < -0.39 is 12.1 Å². The number of benzene rings is 1. The van der Waals surface area contributed by atoms with Crippen LogP contribution < -0.4 is 0 Å². The van der Waals surface area contributed by atoms with Gasteiger partial charge in [0.05, 0.1) is 23.5 Å². The SMILES string of the molecule is O=CC1c2ccccc2C(C=O)N1Cc1cc(-c2ccc(C3CC3)nc2)ncn1. The summed E-state index contributed by atoms with van der Waals surface area (Å²) < 4.78 is 0. The Morgan fingerprint density at radius 3 is 2.24 bits per heavy atom. The first-order valence-electron chi connectivity index (χ1n) is 9.81. The van der Waals surface area contributed by atoms with E-state index in [1.54, 1.807) is 0 Å². The molecule has 29 heavy (non-hydrogen) atoms. The summed E-state index contributed by atoms with van der Waals surface area (Å²) in [6, 6.07) is 12.7. The van der Waals surface area contributed by atoms with Crippen molar-refractivity contribution in [2.24, 2.45) is 0 Å². The highest BCUT2D eigenvalue weighted by molar-refractivity contribution is 5.73. The number of aromatic nitrogens is 3. The highest BCUT2D eigenvalue weighted by atomic mass is 16.1. The van der Waals surface area contributed by atoms with Gasteiger partial charge in [0, 0.05) is 29.9 Å². The van der Waals surface area contributed by atoms with Crippen LogP contribution in [0.25, 0.3) is 11.3 Å². The van der Waals surface area contributed by atoms with Crippen molar-refractivity contribution in [1.82, 2.24) is 19.9 Å². The third kappa shape index (κ3) is 3.25. The molecule has 0 N–H and O–H groups in total. The predicted molar refractivity (Wildman–Crippen MR) is 107 cm³/mol. The first kappa shape index (κ1) is 17.8. The molecule has 1 aliphatic heterocycles. The van der Waals surface area contributed by atoms with Crippen molar-refractivity contribution in [1.29, 1.82) is 0 Å². The molecule has 2 aliphatic rings. The number of hydrogen-bond donors (Lipinski definition) is 0. The van der Waals surface area contributed by atoms with Crippen molar-refractivity contribution in [3.63, 3.8) is 0 Å². The van der Waals surface area contributed by atoms with Crippen molar-refractivity contribution in [3.8, 4) is 11.3 Å². The van der Waals surface area contributed by atoms with Crippen LogP contribution >= 0.6 is 0 Å². The van der Waals surface area contributed by atoms with E-state index in [4.69, 9.17) is 0 Å². The molecule has 6 nitrogen and oxygen atoms in total. The Bertz CT molecular complexity index is 1030. The van der Waals surface area contributed by atoms with Crippen LogP contribution in [0.3, 0.4) is 0 Å². The molecule has 1 fully saturated rings. The minimum atomic E-state index is -0.459. The molecule has 2 unspecified atom stereocenters. The van der Waals surface area contributed by atoms with Gasteiger partial charge in [-0.1, -0.05) is 24.3 Å². The largest absolute Gasteiger partial charge is 0.301 e. The Morgan fingerprint density at radius 1 is 0.931 bits per heavy atom. The van der Waals surface area contributed by atoms with Crippen molar-refractivity contribution in [2.75, 3.05) is 0 Å². The topological polar surface area (TPSA) is 76.1 Å². The number of pyridine rings is 1. The second-order valence-corrected chi connectivity index (χ2v) is 7.60. The summed E-state index contributed by atoms with van der Waals surface area (Å²) in [4.78, 5) is 38.8. The molecular weight excluding hydrogens is 364 g/mol. The van der Waals surface area contributed by atoms with E-state index in [0.717, 1.165) is 46.3 Å². The molecule has 3 aromatic rings. The maximum absolute atomic E-state index is 11.8. The number of carbonyl (C=O) groups is 2. The lowest BCUT2D eigenvalue weighted by molar-refractivity contribution is -0.117. The van der Waals surface area contributed by atoms with Crippen molar-refractivity contribution in [3.05, 3.63) is 77.5 Å². The van der Waals surface area contributed by atoms with Gasteiger partial charge in [-0.3, -0.25) is 9.88 Å². The maximum Gasteiger partial charge on any atom is 0.141 e. The van der Waals surface area contributed by atoms with Crippen molar-refractivity contribution >= 4 is 12.6 Å². The van der Waals surface area contributed by atoms with Crippen LogP contribution in [0, 0.1) is 0 Å². The van der Waals surface area contributed by atoms with Crippen LogP contribution in [0.1, 0.15) is 53.4 Å². The second-order valence-electron chi connectivity index (χ2n) is 7.60. The molecule has 5 rings (SSSR count). The van der Waals surface area contributed by atoms with Crippen molar-refractivity contribution < 1.29 is 9.59 Å². The Morgan fingerprint density at radius 2 is 1.66 bits per heavy atom. The summed E-state index contributed by atoms with van der Waals surface area (Å²) in [7, 11) is 0. The average Bonchev–Trinajstić information content (AvgIpc) is 3.57. The van der Waals surface area contributed by atoms with Gasteiger partial charge in [-0.2, -0.15) is 0 Å². The van der Waals surface area contributed by atoms with Gasteiger partial charge in [0.15, 0.2) is 0 Å². The molecule has 2 atom stereocenters. The van der Waals surface area contributed by atoms with E-state index in [0.29, 0.717) is 12.5 Å². The molecule has 1 saturated carbocycles. The molecule has 1 aromatic carbocycles. The van der Waals surface area contributed by atoms with Crippen molar-refractivity contribution in [2.45, 2.75) is 37.4 Å². The minimum Gasteiger partial charge on any atom is -0.301 e. The van der Waals surface area contributed by atoms with Crippen LogP contribution in [0.15, 0.2) is 55.0 Å². The number of fused-ring (bicyclic) bond motifs is 1. The first-order valence-corrected chi connectivity index (χ1v) is 9.81. The van der Waals surface area contributed by atoms with E-state index in [-0.39, 0.29) is 0 Å². The van der Waals surface area contributed by atoms with E-state index in [1.165, 1.54) is 19.2 Å². The standard InChI is InChI=1S/C23H20N4O2/c28-12-22-18-3-1-2-4-19(18)23(13-29)27(22)11-17-9-21(26-14-25-17)16-7-8-20(24-10-16)15-5-6-15/h1-4,7-10,12-15,22-23H,5-6,11H2. The van der Waals surface area contributed by atoms with E-state index in [9.17, 15) is 9.59 Å². The molecule has 0 saturated heterocycles. The van der Waals surface area contributed by atoms with Gasteiger partial charge < -0.3 is 9.59 Å². The van der Waals surface area contributed by atoms with Crippen LogP contribution in [0.2, 0.25) is 0 Å². The van der Waals surface area contributed by atoms with Crippen LogP contribution in [-0.2, 0) is 16.1 Å². The quantitative estimate of drug-likeness (QED) is 0.606. The van der Waals surface area contributed by atoms with E-state index in [2.05, 4.69) is 21.0 Å². The average molecular weight is 384 g/mol.